The molecule has 2 nitrogen and oxygen atoms in total. The summed E-state index contributed by atoms with van der Waals surface area (Å²) in [4.78, 5) is 10.3. The second kappa shape index (κ2) is 7.29. The molecule has 2 heteroatoms. The van der Waals surface area contributed by atoms with Crippen molar-refractivity contribution in [2.45, 2.75) is 19.3 Å². The highest BCUT2D eigenvalue weighted by atomic mass is 16.4. The molecule has 102 valence electrons. The lowest BCUT2D eigenvalue weighted by Crippen LogP contribution is -1.92. The monoisotopic (exact) mass is 266 g/mol. The van der Waals surface area contributed by atoms with E-state index in [0.29, 0.717) is 6.42 Å². The van der Waals surface area contributed by atoms with E-state index < -0.39 is 5.97 Å². The van der Waals surface area contributed by atoms with Gasteiger partial charge in [-0.3, -0.25) is 4.79 Å². The van der Waals surface area contributed by atoms with Crippen molar-refractivity contribution in [1.82, 2.24) is 0 Å². The van der Waals surface area contributed by atoms with Gasteiger partial charge in [0.25, 0.3) is 0 Å². The molecule has 20 heavy (non-hydrogen) atoms. The Morgan fingerprint density at radius 2 is 1.85 bits per heavy atom. The maximum atomic E-state index is 10.3. The average Bonchev–Trinajstić information content (AvgIpc) is 2.46. The summed E-state index contributed by atoms with van der Waals surface area (Å²) in [6.07, 6.45) is 9.74. The molecule has 2 rings (SSSR count). The Balaban J connectivity index is 1.89. The Morgan fingerprint density at radius 1 is 1.05 bits per heavy atom. The topological polar surface area (TPSA) is 37.3 Å². The van der Waals surface area contributed by atoms with E-state index in [-0.39, 0.29) is 6.42 Å². The van der Waals surface area contributed by atoms with Gasteiger partial charge in [-0.2, -0.15) is 0 Å². The molecular weight excluding hydrogens is 248 g/mol. The van der Waals surface area contributed by atoms with Crippen LogP contribution in [0.25, 0.3) is 16.8 Å². The fraction of sp³-hybridized carbons (Fsp3) is 0.167. The van der Waals surface area contributed by atoms with E-state index in [2.05, 4.69) is 36.4 Å². The van der Waals surface area contributed by atoms with Gasteiger partial charge in [-0.25, -0.2) is 0 Å². The summed E-state index contributed by atoms with van der Waals surface area (Å²) in [6, 6.07) is 14.7. The number of fused-ring (bicyclic) bond motifs is 1. The number of unbranched alkanes of at least 4 members (excludes halogenated alkanes) is 1. The maximum absolute atomic E-state index is 10.3. The van der Waals surface area contributed by atoms with Gasteiger partial charge in [0.2, 0.25) is 0 Å². The van der Waals surface area contributed by atoms with Gasteiger partial charge in [-0.05, 0) is 35.2 Å². The molecule has 0 aromatic heterocycles. The van der Waals surface area contributed by atoms with Gasteiger partial charge in [0.1, 0.15) is 0 Å². The summed E-state index contributed by atoms with van der Waals surface area (Å²) in [6.45, 7) is 0. The van der Waals surface area contributed by atoms with Gasteiger partial charge in [0.05, 0.1) is 0 Å². The third kappa shape index (κ3) is 4.39. The fourth-order valence-corrected chi connectivity index (χ4v) is 2.02. The molecule has 0 saturated heterocycles. The molecule has 0 aliphatic carbocycles. The molecule has 0 atom stereocenters. The Labute approximate surface area is 119 Å². The lowest BCUT2D eigenvalue weighted by Gasteiger charge is -1.98. The van der Waals surface area contributed by atoms with E-state index in [0.717, 1.165) is 6.42 Å². The maximum Gasteiger partial charge on any atom is 0.303 e. The van der Waals surface area contributed by atoms with E-state index >= 15 is 0 Å². The zero-order valence-electron chi connectivity index (χ0n) is 11.3. The van der Waals surface area contributed by atoms with Gasteiger partial charge >= 0.3 is 5.97 Å². The summed E-state index contributed by atoms with van der Waals surface area (Å²) in [5.74, 6) is -0.731. The van der Waals surface area contributed by atoms with Crippen molar-refractivity contribution < 1.29 is 9.90 Å². The fourth-order valence-electron chi connectivity index (χ4n) is 2.02. The van der Waals surface area contributed by atoms with Crippen LogP contribution in [0.3, 0.4) is 0 Å². The minimum atomic E-state index is -0.731. The van der Waals surface area contributed by atoms with Crippen molar-refractivity contribution in [2.24, 2.45) is 0 Å². The molecule has 0 fully saturated rings. The van der Waals surface area contributed by atoms with Crippen LogP contribution in [0, 0.1) is 0 Å². The van der Waals surface area contributed by atoms with Crippen LogP contribution in [0.15, 0.2) is 60.7 Å². The summed E-state index contributed by atoms with van der Waals surface area (Å²) >= 11 is 0. The van der Waals surface area contributed by atoms with Crippen LogP contribution < -0.4 is 0 Å². The predicted octanol–water partition coefficient (Wildman–Crippen LogP) is 4.66. The smallest absolute Gasteiger partial charge is 0.303 e. The molecule has 0 heterocycles. The molecule has 0 aliphatic rings. The van der Waals surface area contributed by atoms with Crippen LogP contribution in [0.4, 0.5) is 0 Å². The molecule has 0 aliphatic heterocycles. The summed E-state index contributed by atoms with van der Waals surface area (Å²) in [5, 5.41) is 11.0. The number of hydrogen-bond donors (Lipinski definition) is 1. The van der Waals surface area contributed by atoms with Crippen molar-refractivity contribution in [3.8, 4) is 0 Å². The zero-order chi connectivity index (χ0) is 14.2. The normalized spacial score (nSPS) is 11.6. The highest BCUT2D eigenvalue weighted by molar-refractivity contribution is 5.84. The Morgan fingerprint density at radius 3 is 2.65 bits per heavy atom. The van der Waals surface area contributed by atoms with Crippen molar-refractivity contribution in [3.05, 3.63) is 66.3 Å². The quantitative estimate of drug-likeness (QED) is 0.609. The predicted molar refractivity (Wildman–Crippen MR) is 83.6 cm³/mol. The van der Waals surface area contributed by atoms with Crippen molar-refractivity contribution in [3.63, 3.8) is 0 Å². The first-order valence-electron chi connectivity index (χ1n) is 6.79. The summed E-state index contributed by atoms with van der Waals surface area (Å²) < 4.78 is 0. The SMILES string of the molecule is O=C(O)CCCC=CC=Cc1ccc2ccccc2c1. The first-order valence-corrected chi connectivity index (χ1v) is 6.79. The Bertz CT molecular complexity index is 639. The van der Waals surface area contributed by atoms with Gasteiger partial charge < -0.3 is 5.11 Å². The lowest BCUT2D eigenvalue weighted by molar-refractivity contribution is -0.137. The second-order valence-corrected chi connectivity index (χ2v) is 4.68. The number of rotatable bonds is 6. The first-order chi connectivity index (χ1) is 9.75. The van der Waals surface area contributed by atoms with E-state index in [1.165, 1.54) is 16.3 Å². The number of carboxylic acids is 1. The molecular formula is C18H18O2. The van der Waals surface area contributed by atoms with E-state index in [1.54, 1.807) is 0 Å². The third-order valence-electron chi connectivity index (χ3n) is 3.07. The van der Waals surface area contributed by atoms with Crippen molar-refractivity contribution >= 4 is 22.8 Å². The van der Waals surface area contributed by atoms with Crippen molar-refractivity contribution in [1.29, 1.82) is 0 Å². The van der Waals surface area contributed by atoms with E-state index in [1.807, 2.05) is 30.4 Å². The molecule has 0 saturated carbocycles. The molecule has 0 spiro atoms. The minimum Gasteiger partial charge on any atom is -0.481 e. The Hall–Kier alpha value is -2.35. The molecule has 0 amide bonds. The van der Waals surface area contributed by atoms with Crippen LogP contribution in [-0.2, 0) is 4.79 Å². The molecule has 0 unspecified atom stereocenters. The molecule has 2 aromatic carbocycles. The third-order valence-corrected chi connectivity index (χ3v) is 3.07. The van der Waals surface area contributed by atoms with Crippen molar-refractivity contribution in [2.75, 3.05) is 0 Å². The average molecular weight is 266 g/mol. The number of carboxylic acid groups (broad SMARTS) is 1. The van der Waals surface area contributed by atoms with Gasteiger partial charge in [-0.1, -0.05) is 60.7 Å². The van der Waals surface area contributed by atoms with E-state index in [9.17, 15) is 4.79 Å². The van der Waals surface area contributed by atoms with Crippen LogP contribution in [0.2, 0.25) is 0 Å². The first kappa shape index (κ1) is 14.1. The zero-order valence-corrected chi connectivity index (χ0v) is 11.3. The highest BCUT2D eigenvalue weighted by Gasteiger charge is 1.93. The summed E-state index contributed by atoms with van der Waals surface area (Å²) in [7, 11) is 0. The number of allylic oxidation sites excluding steroid dienone is 3. The lowest BCUT2D eigenvalue weighted by atomic mass is 10.1. The second-order valence-electron chi connectivity index (χ2n) is 4.68. The van der Waals surface area contributed by atoms with Crippen LogP contribution >= 0.6 is 0 Å². The molecule has 0 bridgehead atoms. The molecule has 0 radical (unpaired) electrons. The largest absolute Gasteiger partial charge is 0.481 e. The molecule has 2 aromatic rings. The number of carbonyl (C=O) groups is 1. The highest BCUT2D eigenvalue weighted by Crippen LogP contribution is 2.16. The standard InChI is InChI=1S/C18H18O2/c19-18(20)11-5-3-1-2-4-8-15-12-13-16-9-6-7-10-17(16)14-15/h1-2,4,6-10,12-14H,3,5,11H2,(H,19,20). The van der Waals surface area contributed by atoms with Gasteiger partial charge in [-0.15, -0.1) is 0 Å². The van der Waals surface area contributed by atoms with E-state index in [4.69, 9.17) is 5.11 Å². The number of aliphatic carboxylic acids is 1. The minimum absolute atomic E-state index is 0.235. The summed E-state index contributed by atoms with van der Waals surface area (Å²) in [5.41, 5.74) is 1.17. The Kier molecular flexibility index (Phi) is 5.13. The van der Waals surface area contributed by atoms with Crippen LogP contribution in [0.5, 0.6) is 0 Å². The molecule has 1 N–H and O–H groups in total. The number of benzene rings is 2. The van der Waals surface area contributed by atoms with Gasteiger partial charge in [0, 0.05) is 6.42 Å². The van der Waals surface area contributed by atoms with Crippen LogP contribution in [-0.4, -0.2) is 11.1 Å². The van der Waals surface area contributed by atoms with Gasteiger partial charge in [0.15, 0.2) is 0 Å². The van der Waals surface area contributed by atoms with Crippen LogP contribution in [0.1, 0.15) is 24.8 Å². The number of hydrogen-bond acceptors (Lipinski definition) is 1.